The van der Waals surface area contributed by atoms with Crippen LogP contribution in [0.15, 0.2) is 16.5 Å². The average molecular weight is 226 g/mol. The van der Waals surface area contributed by atoms with Gasteiger partial charge in [-0.3, -0.25) is 0 Å². The van der Waals surface area contributed by atoms with Crippen LogP contribution in [0.1, 0.15) is 37.7 Å². The van der Waals surface area contributed by atoms with Gasteiger partial charge in [0.25, 0.3) is 0 Å². The van der Waals surface area contributed by atoms with E-state index in [2.05, 4.69) is 6.92 Å². The number of furan rings is 1. The molecule has 1 aliphatic rings. The van der Waals surface area contributed by atoms with E-state index in [9.17, 15) is 5.11 Å². The molecule has 0 aromatic carbocycles. The van der Waals surface area contributed by atoms with E-state index >= 15 is 0 Å². The van der Waals surface area contributed by atoms with E-state index in [1.165, 1.54) is 6.42 Å². The third kappa shape index (κ3) is 2.79. The fourth-order valence-electron chi connectivity index (χ4n) is 1.76. The first kappa shape index (κ1) is 11.1. The Morgan fingerprint density at radius 3 is 2.67 bits per heavy atom. The van der Waals surface area contributed by atoms with Crippen molar-refractivity contribution in [2.24, 2.45) is 0 Å². The summed E-state index contributed by atoms with van der Waals surface area (Å²) < 4.78 is 5.60. The molecule has 0 saturated heterocycles. The zero-order chi connectivity index (χ0) is 10.7. The highest BCUT2D eigenvalue weighted by Crippen LogP contribution is 2.35. The Morgan fingerprint density at radius 1 is 1.40 bits per heavy atom. The lowest BCUT2D eigenvalue weighted by atomic mass is 9.82. The Kier molecular flexibility index (Phi) is 3.42. The lowest BCUT2D eigenvalue weighted by Crippen LogP contribution is -2.39. The van der Waals surface area contributed by atoms with Crippen LogP contribution < -0.4 is 0 Å². The molecule has 1 saturated carbocycles. The van der Waals surface area contributed by atoms with Crippen LogP contribution in [0.25, 0.3) is 0 Å². The van der Waals surface area contributed by atoms with Crippen LogP contribution in [-0.2, 0) is 12.2 Å². The van der Waals surface area contributed by atoms with Crippen molar-refractivity contribution >= 4 is 11.8 Å². The summed E-state index contributed by atoms with van der Waals surface area (Å²) in [6.45, 7) is 2.09. The molecule has 0 radical (unpaired) electrons. The first-order valence-electron chi connectivity index (χ1n) is 5.59. The van der Waals surface area contributed by atoms with E-state index in [4.69, 9.17) is 4.42 Å². The van der Waals surface area contributed by atoms with Crippen molar-refractivity contribution in [1.82, 2.24) is 0 Å². The molecule has 0 spiro atoms. The summed E-state index contributed by atoms with van der Waals surface area (Å²) in [5, 5.41) is 9.89. The molecule has 1 aliphatic carbocycles. The van der Waals surface area contributed by atoms with Gasteiger partial charge < -0.3 is 9.52 Å². The van der Waals surface area contributed by atoms with Crippen LogP contribution in [0.3, 0.4) is 0 Å². The quantitative estimate of drug-likeness (QED) is 0.838. The summed E-state index contributed by atoms with van der Waals surface area (Å²) >= 11 is 1.77. The van der Waals surface area contributed by atoms with Gasteiger partial charge in [0.2, 0.25) is 0 Å². The minimum atomic E-state index is -0.370. The third-order valence-corrected chi connectivity index (χ3v) is 4.20. The molecular formula is C12H18O2S. The van der Waals surface area contributed by atoms with Crippen molar-refractivity contribution in [2.45, 2.75) is 44.0 Å². The van der Waals surface area contributed by atoms with Gasteiger partial charge in [-0.25, -0.2) is 0 Å². The first-order chi connectivity index (χ1) is 7.22. The van der Waals surface area contributed by atoms with Crippen molar-refractivity contribution in [3.8, 4) is 0 Å². The highest BCUT2D eigenvalue weighted by Gasteiger charge is 2.33. The second-order valence-electron chi connectivity index (χ2n) is 4.29. The van der Waals surface area contributed by atoms with Gasteiger partial charge in [-0.2, -0.15) is 11.8 Å². The van der Waals surface area contributed by atoms with E-state index in [1.807, 2.05) is 12.1 Å². The summed E-state index contributed by atoms with van der Waals surface area (Å²) in [5.41, 5.74) is -0.370. The van der Waals surface area contributed by atoms with Crippen molar-refractivity contribution in [3.63, 3.8) is 0 Å². The van der Waals surface area contributed by atoms with E-state index in [1.54, 1.807) is 11.8 Å². The van der Waals surface area contributed by atoms with Gasteiger partial charge in [0.1, 0.15) is 11.5 Å². The molecule has 1 aromatic heterocycles. The molecule has 0 unspecified atom stereocenters. The fourth-order valence-corrected chi connectivity index (χ4v) is 2.89. The molecule has 84 valence electrons. The predicted molar refractivity (Wildman–Crippen MR) is 63.0 cm³/mol. The van der Waals surface area contributed by atoms with E-state index in [0.29, 0.717) is 0 Å². The molecule has 1 heterocycles. The first-order valence-corrected chi connectivity index (χ1v) is 6.75. The van der Waals surface area contributed by atoms with Crippen molar-refractivity contribution in [2.75, 3.05) is 5.75 Å². The van der Waals surface area contributed by atoms with Crippen LogP contribution in [0.2, 0.25) is 0 Å². The van der Waals surface area contributed by atoms with Crippen molar-refractivity contribution < 1.29 is 9.52 Å². The lowest BCUT2D eigenvalue weighted by Gasteiger charge is -2.36. The van der Waals surface area contributed by atoms with Crippen LogP contribution in [0.5, 0.6) is 0 Å². The van der Waals surface area contributed by atoms with E-state index in [-0.39, 0.29) is 5.60 Å². The Morgan fingerprint density at radius 2 is 2.13 bits per heavy atom. The Labute approximate surface area is 95.1 Å². The zero-order valence-electron chi connectivity index (χ0n) is 9.16. The van der Waals surface area contributed by atoms with E-state index in [0.717, 1.165) is 42.3 Å². The van der Waals surface area contributed by atoms with Crippen LogP contribution in [0.4, 0.5) is 0 Å². The second-order valence-corrected chi connectivity index (χ2v) is 5.28. The Balaban J connectivity index is 1.73. The summed E-state index contributed by atoms with van der Waals surface area (Å²) in [7, 11) is 0. The summed E-state index contributed by atoms with van der Waals surface area (Å²) in [5.74, 6) is 3.80. The predicted octanol–water partition coefficient (Wildman–Crippen LogP) is 2.99. The molecular weight excluding hydrogens is 208 g/mol. The number of rotatable bonds is 5. The molecule has 1 aromatic rings. The monoisotopic (exact) mass is 226 g/mol. The maximum Gasteiger partial charge on any atom is 0.114 e. The number of hydrogen-bond acceptors (Lipinski definition) is 3. The van der Waals surface area contributed by atoms with Crippen molar-refractivity contribution in [3.05, 3.63) is 23.7 Å². The highest BCUT2D eigenvalue weighted by molar-refractivity contribution is 7.98. The number of aliphatic hydroxyl groups is 1. The molecule has 3 heteroatoms. The maximum absolute atomic E-state index is 9.89. The van der Waals surface area contributed by atoms with Gasteiger partial charge in [-0.1, -0.05) is 6.92 Å². The molecule has 2 rings (SSSR count). The standard InChI is InChI=1S/C12H18O2S/c1-2-10-4-5-11(14-10)8-15-9-12(13)6-3-7-12/h4-5,13H,2-3,6-9H2,1H3. The summed E-state index contributed by atoms with van der Waals surface area (Å²) in [4.78, 5) is 0. The smallest absolute Gasteiger partial charge is 0.114 e. The van der Waals surface area contributed by atoms with Crippen LogP contribution in [-0.4, -0.2) is 16.5 Å². The molecule has 15 heavy (non-hydrogen) atoms. The third-order valence-electron chi connectivity index (χ3n) is 2.97. The van der Waals surface area contributed by atoms with Gasteiger partial charge in [0.15, 0.2) is 0 Å². The Hall–Kier alpha value is -0.410. The van der Waals surface area contributed by atoms with Crippen molar-refractivity contribution in [1.29, 1.82) is 0 Å². The largest absolute Gasteiger partial charge is 0.465 e. The zero-order valence-corrected chi connectivity index (χ0v) is 9.98. The minimum Gasteiger partial charge on any atom is -0.465 e. The van der Waals surface area contributed by atoms with Gasteiger partial charge in [-0.15, -0.1) is 0 Å². The normalized spacial score (nSPS) is 18.8. The minimum absolute atomic E-state index is 0.370. The summed E-state index contributed by atoms with van der Waals surface area (Å²) in [6.07, 6.45) is 4.07. The topological polar surface area (TPSA) is 33.4 Å². The van der Waals surface area contributed by atoms with Gasteiger partial charge in [0.05, 0.1) is 11.4 Å². The van der Waals surface area contributed by atoms with Crippen LogP contribution in [0, 0.1) is 0 Å². The number of thioether (sulfide) groups is 1. The molecule has 0 amide bonds. The lowest BCUT2D eigenvalue weighted by molar-refractivity contribution is -0.00990. The second kappa shape index (κ2) is 4.62. The van der Waals surface area contributed by atoms with Gasteiger partial charge in [-0.05, 0) is 31.4 Å². The molecule has 2 nitrogen and oxygen atoms in total. The molecule has 0 atom stereocenters. The SMILES string of the molecule is CCc1ccc(CSCC2(O)CCC2)o1. The summed E-state index contributed by atoms with van der Waals surface area (Å²) in [6, 6.07) is 4.07. The highest BCUT2D eigenvalue weighted by atomic mass is 32.2. The molecule has 1 N–H and O–H groups in total. The molecule has 0 aliphatic heterocycles. The average Bonchev–Trinajstić information content (AvgIpc) is 2.63. The van der Waals surface area contributed by atoms with Gasteiger partial charge in [0, 0.05) is 12.2 Å². The maximum atomic E-state index is 9.89. The fraction of sp³-hybridized carbons (Fsp3) is 0.667. The van der Waals surface area contributed by atoms with Crippen LogP contribution >= 0.6 is 11.8 Å². The van der Waals surface area contributed by atoms with E-state index < -0.39 is 0 Å². The number of aryl methyl sites for hydroxylation is 1. The van der Waals surface area contributed by atoms with Gasteiger partial charge >= 0.3 is 0 Å². The molecule has 1 fully saturated rings. The Bertz CT molecular complexity index is 315. The molecule has 0 bridgehead atoms. The number of hydrogen-bond donors (Lipinski definition) is 1.